The monoisotopic (exact) mass is 154 g/mol. The Hall–Kier alpha value is -1.56. The second-order valence-corrected chi connectivity index (χ2v) is 2.96. The van der Waals surface area contributed by atoms with E-state index in [0.717, 1.165) is 21.9 Å². The van der Waals surface area contributed by atoms with Gasteiger partial charge in [-0.2, -0.15) is 0 Å². The quantitative estimate of drug-likeness (QED) is 0.546. The zero-order chi connectivity index (χ0) is 9.71. The first-order valence-corrected chi connectivity index (χ1v) is 3.99. The van der Waals surface area contributed by atoms with Crippen molar-refractivity contribution < 1.29 is 2.74 Å². The first kappa shape index (κ1) is 4.46. The Morgan fingerprint density at radius 2 is 1.42 bits per heavy atom. The average Bonchev–Trinajstić information content (AvgIpc) is 2.47. The van der Waals surface area contributed by atoms with Gasteiger partial charge in [0.05, 0.1) is 2.74 Å². The molecule has 0 bridgehead atoms. The smallest absolute Gasteiger partial charge is 0.0610 e. The van der Waals surface area contributed by atoms with E-state index in [1.807, 2.05) is 36.4 Å². The maximum atomic E-state index is 7.80. The van der Waals surface area contributed by atoms with Crippen LogP contribution in [0.15, 0.2) is 36.4 Å². The van der Waals surface area contributed by atoms with Crippen molar-refractivity contribution in [2.45, 2.75) is 0 Å². The van der Waals surface area contributed by atoms with E-state index >= 15 is 0 Å². The van der Waals surface area contributed by atoms with Gasteiger partial charge in [-0.3, -0.25) is 0 Å². The van der Waals surface area contributed by atoms with Gasteiger partial charge in [-0.25, -0.2) is 0 Å². The molecule has 1 aliphatic carbocycles. The topological polar surface area (TPSA) is 0 Å². The molecule has 3 rings (SSSR count). The molecule has 0 saturated heterocycles. The van der Waals surface area contributed by atoms with Gasteiger partial charge in [0.25, 0.3) is 0 Å². The van der Waals surface area contributed by atoms with E-state index in [4.69, 9.17) is 2.74 Å². The highest BCUT2D eigenvalue weighted by atomic mass is 14.1. The third kappa shape index (κ3) is 0.620. The number of hydrogen-bond acceptors (Lipinski definition) is 0. The normalized spacial score (nSPS) is 16.7. The van der Waals surface area contributed by atoms with Gasteiger partial charge in [0.1, 0.15) is 0 Å². The predicted octanol–water partition coefficient (Wildman–Crippen LogP) is 3.32. The zero-order valence-corrected chi connectivity index (χ0v) is 6.46. The van der Waals surface area contributed by atoms with Crippen molar-refractivity contribution in [3.63, 3.8) is 0 Å². The summed E-state index contributed by atoms with van der Waals surface area (Å²) in [5.41, 5.74) is 1.78. The predicted molar refractivity (Wildman–Crippen MR) is 52.9 cm³/mol. The van der Waals surface area contributed by atoms with E-state index in [-0.39, 0.29) is 0 Å². The van der Waals surface area contributed by atoms with E-state index in [0.29, 0.717) is 12.1 Å². The molecular formula is C12H8. The molecule has 0 fully saturated rings. The standard InChI is InChI=1S/C12H8/c1-3-9-4-2-6-11-8-7-10(5-1)12(9)11/h1-8H/i7D,8D. The van der Waals surface area contributed by atoms with Crippen LogP contribution in [-0.4, -0.2) is 0 Å². The van der Waals surface area contributed by atoms with Gasteiger partial charge in [-0.05, 0) is 21.9 Å². The fourth-order valence-corrected chi connectivity index (χ4v) is 1.68. The average molecular weight is 154 g/mol. The van der Waals surface area contributed by atoms with Crippen LogP contribution in [0.25, 0.3) is 22.9 Å². The van der Waals surface area contributed by atoms with Crippen molar-refractivity contribution in [3.05, 3.63) is 47.5 Å². The summed E-state index contributed by atoms with van der Waals surface area (Å²) in [5.74, 6) is 0. The molecule has 0 heteroatoms. The highest BCUT2D eigenvalue weighted by Gasteiger charge is 2.06. The summed E-state index contributed by atoms with van der Waals surface area (Å²) >= 11 is 0. The Labute approximate surface area is 74.0 Å². The Morgan fingerprint density at radius 1 is 0.833 bits per heavy atom. The molecule has 0 saturated carbocycles. The van der Waals surface area contributed by atoms with Crippen molar-refractivity contribution in [1.29, 1.82) is 0 Å². The second kappa shape index (κ2) is 1.98. The SMILES string of the molecule is [2H]C1=C([2H])c2cccc3cccc1c23. The molecule has 0 aliphatic heterocycles. The molecule has 0 spiro atoms. The summed E-state index contributed by atoms with van der Waals surface area (Å²) in [4.78, 5) is 0. The number of hydrogen-bond donors (Lipinski definition) is 0. The lowest BCUT2D eigenvalue weighted by molar-refractivity contribution is 1.72. The van der Waals surface area contributed by atoms with E-state index in [2.05, 4.69) is 0 Å². The minimum Gasteiger partial charge on any atom is -0.0610 e. The number of rotatable bonds is 0. The van der Waals surface area contributed by atoms with Crippen molar-refractivity contribution in [2.75, 3.05) is 0 Å². The first-order valence-electron chi connectivity index (χ1n) is 4.99. The van der Waals surface area contributed by atoms with E-state index < -0.39 is 0 Å². The Bertz CT molecular complexity index is 521. The van der Waals surface area contributed by atoms with Crippen molar-refractivity contribution in [2.24, 2.45) is 0 Å². The van der Waals surface area contributed by atoms with Gasteiger partial charge in [0.15, 0.2) is 0 Å². The molecule has 0 amide bonds. The molecule has 0 nitrogen and oxygen atoms in total. The molecule has 1 aliphatic rings. The van der Waals surface area contributed by atoms with Gasteiger partial charge in [-0.1, -0.05) is 48.5 Å². The van der Waals surface area contributed by atoms with Gasteiger partial charge in [0, 0.05) is 0 Å². The first-order chi connectivity index (χ1) is 6.79. The van der Waals surface area contributed by atoms with Crippen LogP contribution in [0.3, 0.4) is 0 Å². The molecule has 12 heavy (non-hydrogen) atoms. The fourth-order valence-electron chi connectivity index (χ4n) is 1.68. The molecular weight excluding hydrogens is 144 g/mol. The van der Waals surface area contributed by atoms with E-state index in [1.165, 1.54) is 0 Å². The molecule has 0 unspecified atom stereocenters. The van der Waals surface area contributed by atoms with Crippen LogP contribution in [0.4, 0.5) is 0 Å². The van der Waals surface area contributed by atoms with Gasteiger partial charge in [-0.15, -0.1) is 0 Å². The summed E-state index contributed by atoms with van der Waals surface area (Å²) < 4.78 is 15.6. The van der Waals surface area contributed by atoms with E-state index in [1.54, 1.807) is 0 Å². The molecule has 0 N–H and O–H groups in total. The van der Waals surface area contributed by atoms with Crippen LogP contribution in [0, 0.1) is 0 Å². The highest BCUT2D eigenvalue weighted by molar-refractivity contribution is 6.04. The van der Waals surface area contributed by atoms with E-state index in [9.17, 15) is 0 Å². The maximum absolute atomic E-state index is 7.80. The highest BCUT2D eigenvalue weighted by Crippen LogP contribution is 2.30. The summed E-state index contributed by atoms with van der Waals surface area (Å²) in [6, 6.07) is 12.4. The third-order valence-electron chi connectivity index (χ3n) is 2.24. The molecule has 2 aromatic rings. The van der Waals surface area contributed by atoms with Crippen molar-refractivity contribution >= 4 is 22.9 Å². The van der Waals surface area contributed by atoms with Crippen LogP contribution in [0.1, 0.15) is 13.9 Å². The van der Waals surface area contributed by atoms with Crippen molar-refractivity contribution in [1.82, 2.24) is 0 Å². The lowest BCUT2D eigenvalue weighted by Crippen LogP contribution is -1.76. The molecule has 56 valence electrons. The van der Waals surface area contributed by atoms with Gasteiger partial charge < -0.3 is 0 Å². The van der Waals surface area contributed by atoms with Gasteiger partial charge in [0.2, 0.25) is 0 Å². The van der Waals surface area contributed by atoms with Crippen LogP contribution < -0.4 is 0 Å². The second-order valence-electron chi connectivity index (χ2n) is 2.96. The molecule has 0 aromatic heterocycles. The van der Waals surface area contributed by atoms with Crippen LogP contribution >= 0.6 is 0 Å². The lowest BCUT2D eigenvalue weighted by Gasteiger charge is -1.99. The Balaban J connectivity index is 2.59. The largest absolute Gasteiger partial charge is 0.0629 e. The number of benzene rings is 2. The minimum atomic E-state index is 0.344. The lowest BCUT2D eigenvalue weighted by atomic mass is 10.0. The van der Waals surface area contributed by atoms with Crippen LogP contribution in [-0.2, 0) is 0 Å². The summed E-state index contributed by atoms with van der Waals surface area (Å²) in [6.45, 7) is 0. The summed E-state index contributed by atoms with van der Waals surface area (Å²) in [7, 11) is 0. The molecule has 2 aromatic carbocycles. The molecule has 0 radical (unpaired) electrons. The zero-order valence-electron chi connectivity index (χ0n) is 8.46. The van der Waals surface area contributed by atoms with Crippen LogP contribution in [0.5, 0.6) is 0 Å². The Kier molecular flexibility index (Phi) is 0.735. The fraction of sp³-hybridized carbons (Fsp3) is 0. The van der Waals surface area contributed by atoms with Crippen molar-refractivity contribution in [3.8, 4) is 0 Å². The Morgan fingerprint density at radius 3 is 2.00 bits per heavy atom. The van der Waals surface area contributed by atoms with Crippen LogP contribution in [0.2, 0.25) is 0 Å². The minimum absolute atomic E-state index is 0.344. The summed E-state index contributed by atoms with van der Waals surface area (Å²) in [5, 5.41) is 2.18. The summed E-state index contributed by atoms with van der Waals surface area (Å²) in [6.07, 6.45) is 0. The third-order valence-corrected chi connectivity index (χ3v) is 2.24. The molecule has 0 heterocycles. The maximum Gasteiger partial charge on any atom is 0.0629 e. The van der Waals surface area contributed by atoms with Gasteiger partial charge >= 0.3 is 0 Å². The molecule has 0 atom stereocenters.